The maximum absolute atomic E-state index is 11.0. The van der Waals surface area contributed by atoms with Crippen LogP contribution in [0.15, 0.2) is 24.3 Å². The predicted octanol–water partition coefficient (Wildman–Crippen LogP) is 1.43. The lowest BCUT2D eigenvalue weighted by atomic mass is 10.2. The van der Waals surface area contributed by atoms with Gasteiger partial charge in [0.2, 0.25) is 5.91 Å². The molecule has 0 atom stereocenters. The van der Waals surface area contributed by atoms with E-state index in [1.807, 2.05) is 0 Å². The fourth-order valence-corrected chi connectivity index (χ4v) is 1.01. The zero-order valence-corrected chi connectivity index (χ0v) is 8.03. The van der Waals surface area contributed by atoms with Gasteiger partial charge in [-0.15, -0.1) is 0 Å². The van der Waals surface area contributed by atoms with Crippen molar-refractivity contribution in [3.8, 4) is 0 Å². The molecule has 0 aliphatic carbocycles. The molecule has 74 valence electrons. The van der Waals surface area contributed by atoms with E-state index < -0.39 is 0 Å². The summed E-state index contributed by atoms with van der Waals surface area (Å²) in [5.41, 5.74) is 1.12. The number of esters is 1. The van der Waals surface area contributed by atoms with Gasteiger partial charge in [-0.25, -0.2) is 4.79 Å². The van der Waals surface area contributed by atoms with Crippen LogP contribution in [0.3, 0.4) is 0 Å². The predicted molar refractivity (Wildman–Crippen MR) is 52.1 cm³/mol. The van der Waals surface area contributed by atoms with Crippen LogP contribution >= 0.6 is 0 Å². The van der Waals surface area contributed by atoms with Crippen molar-refractivity contribution in [3.63, 3.8) is 0 Å². The third-order valence-electron chi connectivity index (χ3n) is 1.63. The maximum atomic E-state index is 11.0. The Morgan fingerprint density at radius 2 is 1.79 bits per heavy atom. The van der Waals surface area contributed by atoms with Crippen LogP contribution in [0.4, 0.5) is 5.69 Å². The van der Waals surface area contributed by atoms with Crippen molar-refractivity contribution in [2.45, 2.75) is 6.92 Å². The Bertz CT molecular complexity index is 343. The zero-order chi connectivity index (χ0) is 10.6. The average molecular weight is 193 g/mol. The fraction of sp³-hybridized carbons (Fsp3) is 0.200. The first-order valence-electron chi connectivity index (χ1n) is 4.09. The van der Waals surface area contributed by atoms with E-state index in [0.29, 0.717) is 11.3 Å². The van der Waals surface area contributed by atoms with Crippen molar-refractivity contribution >= 4 is 17.6 Å². The van der Waals surface area contributed by atoms with E-state index in [4.69, 9.17) is 0 Å². The first-order valence-corrected chi connectivity index (χ1v) is 4.09. The maximum Gasteiger partial charge on any atom is 0.337 e. The lowest BCUT2D eigenvalue weighted by Crippen LogP contribution is -2.06. The number of ether oxygens (including phenoxy) is 1. The third-order valence-corrected chi connectivity index (χ3v) is 1.63. The van der Waals surface area contributed by atoms with Crippen molar-refractivity contribution in [1.29, 1.82) is 0 Å². The molecule has 1 aromatic carbocycles. The zero-order valence-electron chi connectivity index (χ0n) is 8.03. The highest BCUT2D eigenvalue weighted by Gasteiger charge is 2.04. The number of hydrogen-bond donors (Lipinski definition) is 1. The average Bonchev–Trinajstić information content (AvgIpc) is 2.17. The molecule has 0 unspecified atom stereocenters. The highest BCUT2D eigenvalue weighted by atomic mass is 16.5. The number of rotatable bonds is 2. The molecule has 0 saturated heterocycles. The molecule has 0 aliphatic rings. The Hall–Kier alpha value is -1.84. The van der Waals surface area contributed by atoms with Crippen LogP contribution in [0.1, 0.15) is 17.3 Å². The molecule has 1 rings (SSSR count). The number of methoxy groups -OCH3 is 1. The molecular weight excluding hydrogens is 182 g/mol. The summed E-state index contributed by atoms with van der Waals surface area (Å²) in [7, 11) is 1.32. The van der Waals surface area contributed by atoms with Crippen LogP contribution in [0.25, 0.3) is 0 Å². The standard InChI is InChI=1S/C10H11NO3/c1-7(12)11-9-5-3-8(4-6-9)10(13)14-2/h3-6H,1-2H3,(H,11,12). The van der Waals surface area contributed by atoms with E-state index in [2.05, 4.69) is 10.1 Å². The molecule has 4 nitrogen and oxygen atoms in total. The number of benzene rings is 1. The molecule has 0 aliphatic heterocycles. The first kappa shape index (κ1) is 10.2. The van der Waals surface area contributed by atoms with Crippen LogP contribution in [-0.4, -0.2) is 19.0 Å². The van der Waals surface area contributed by atoms with Crippen molar-refractivity contribution < 1.29 is 14.3 Å². The second-order valence-electron chi connectivity index (χ2n) is 2.75. The number of nitrogens with one attached hydrogen (secondary N) is 1. The van der Waals surface area contributed by atoms with Gasteiger partial charge in [0.15, 0.2) is 0 Å². The minimum Gasteiger partial charge on any atom is -0.465 e. The van der Waals surface area contributed by atoms with Crippen molar-refractivity contribution in [2.75, 3.05) is 12.4 Å². The van der Waals surface area contributed by atoms with Crippen molar-refractivity contribution in [1.82, 2.24) is 0 Å². The van der Waals surface area contributed by atoms with Gasteiger partial charge in [-0.05, 0) is 24.3 Å². The third kappa shape index (κ3) is 2.58. The fourth-order valence-electron chi connectivity index (χ4n) is 1.01. The van der Waals surface area contributed by atoms with E-state index in [0.717, 1.165) is 0 Å². The Morgan fingerprint density at radius 3 is 2.21 bits per heavy atom. The molecule has 0 spiro atoms. The molecule has 0 aromatic heterocycles. The number of amides is 1. The minimum atomic E-state index is -0.389. The van der Waals surface area contributed by atoms with Crippen LogP contribution in [-0.2, 0) is 9.53 Å². The lowest BCUT2D eigenvalue weighted by Gasteiger charge is -2.02. The molecule has 4 heteroatoms. The Morgan fingerprint density at radius 1 is 1.21 bits per heavy atom. The largest absolute Gasteiger partial charge is 0.465 e. The Kier molecular flexibility index (Phi) is 3.23. The number of hydrogen-bond acceptors (Lipinski definition) is 3. The lowest BCUT2D eigenvalue weighted by molar-refractivity contribution is -0.114. The van der Waals surface area contributed by atoms with Gasteiger partial charge in [0.05, 0.1) is 12.7 Å². The molecule has 1 amide bonds. The quantitative estimate of drug-likeness (QED) is 0.723. The highest BCUT2D eigenvalue weighted by Crippen LogP contribution is 2.09. The molecule has 14 heavy (non-hydrogen) atoms. The minimum absolute atomic E-state index is 0.143. The van der Waals surface area contributed by atoms with E-state index >= 15 is 0 Å². The second-order valence-corrected chi connectivity index (χ2v) is 2.75. The Balaban J connectivity index is 2.78. The highest BCUT2D eigenvalue weighted by molar-refractivity contribution is 5.92. The van der Waals surface area contributed by atoms with Gasteiger partial charge in [-0.3, -0.25) is 4.79 Å². The number of carbonyl (C=O) groups is 2. The van der Waals surface area contributed by atoms with E-state index in [-0.39, 0.29) is 11.9 Å². The summed E-state index contributed by atoms with van der Waals surface area (Å²) in [6.07, 6.45) is 0. The van der Waals surface area contributed by atoms with Gasteiger partial charge < -0.3 is 10.1 Å². The summed E-state index contributed by atoms with van der Waals surface area (Å²) in [6.45, 7) is 1.42. The monoisotopic (exact) mass is 193 g/mol. The summed E-state index contributed by atoms with van der Waals surface area (Å²) >= 11 is 0. The van der Waals surface area contributed by atoms with Crippen molar-refractivity contribution in [2.24, 2.45) is 0 Å². The van der Waals surface area contributed by atoms with Crippen LogP contribution in [0, 0.1) is 0 Å². The van der Waals surface area contributed by atoms with Crippen LogP contribution in [0.5, 0.6) is 0 Å². The summed E-state index contributed by atoms with van der Waals surface area (Å²) in [5, 5.41) is 2.60. The molecule has 1 N–H and O–H groups in total. The molecule has 0 fully saturated rings. The Labute approximate surface area is 81.9 Å². The summed E-state index contributed by atoms with van der Waals surface area (Å²) in [4.78, 5) is 21.7. The van der Waals surface area contributed by atoms with Gasteiger partial charge >= 0.3 is 5.97 Å². The first-order chi connectivity index (χ1) is 6.63. The molecular formula is C10H11NO3. The summed E-state index contributed by atoms with van der Waals surface area (Å²) < 4.78 is 4.53. The topological polar surface area (TPSA) is 55.4 Å². The molecule has 1 aromatic rings. The second kappa shape index (κ2) is 4.41. The number of carbonyl (C=O) groups excluding carboxylic acids is 2. The van der Waals surface area contributed by atoms with Gasteiger partial charge in [-0.2, -0.15) is 0 Å². The van der Waals surface area contributed by atoms with Crippen LogP contribution < -0.4 is 5.32 Å². The van der Waals surface area contributed by atoms with Gasteiger partial charge in [0.1, 0.15) is 0 Å². The molecule has 0 heterocycles. The van der Waals surface area contributed by atoms with E-state index in [1.165, 1.54) is 14.0 Å². The van der Waals surface area contributed by atoms with Crippen molar-refractivity contribution in [3.05, 3.63) is 29.8 Å². The van der Waals surface area contributed by atoms with Gasteiger partial charge in [0, 0.05) is 12.6 Å². The van der Waals surface area contributed by atoms with E-state index in [1.54, 1.807) is 24.3 Å². The normalized spacial score (nSPS) is 9.29. The van der Waals surface area contributed by atoms with Crippen LogP contribution in [0.2, 0.25) is 0 Å². The van der Waals surface area contributed by atoms with E-state index in [9.17, 15) is 9.59 Å². The smallest absolute Gasteiger partial charge is 0.337 e. The summed E-state index contributed by atoms with van der Waals surface area (Å²) in [5.74, 6) is -0.532. The van der Waals surface area contributed by atoms with Gasteiger partial charge in [-0.1, -0.05) is 0 Å². The summed E-state index contributed by atoms with van der Waals surface area (Å²) in [6, 6.07) is 6.48. The molecule has 0 radical (unpaired) electrons. The number of anilines is 1. The molecule has 0 bridgehead atoms. The van der Waals surface area contributed by atoms with Gasteiger partial charge in [0.25, 0.3) is 0 Å². The SMILES string of the molecule is COC(=O)c1ccc(NC(C)=O)cc1. The molecule has 0 saturated carbocycles.